The summed E-state index contributed by atoms with van der Waals surface area (Å²) in [7, 11) is 0. The molecule has 1 aliphatic carbocycles. The number of benzene rings is 1. The van der Waals surface area contributed by atoms with Crippen LogP contribution >= 0.6 is 0 Å². The molecule has 1 aromatic rings. The normalized spacial score (nSPS) is 18.1. The first kappa shape index (κ1) is 27.4. The quantitative estimate of drug-likeness (QED) is 0.358. The Bertz CT molecular complexity index is 944. The lowest BCUT2D eigenvalue weighted by atomic mass is 9.81. The second-order valence-electron chi connectivity index (χ2n) is 10.7. The molecule has 3 aliphatic rings. The Balaban J connectivity index is 1.19. The number of nitrogens with one attached hydrogen (secondary N) is 1. The lowest BCUT2D eigenvalue weighted by molar-refractivity contribution is -0.136. The first-order valence-electron chi connectivity index (χ1n) is 14.4. The average Bonchev–Trinajstić information content (AvgIpc) is 3.28. The molecule has 2 fully saturated rings. The number of ether oxygens (including phenoxy) is 1. The van der Waals surface area contributed by atoms with Gasteiger partial charge in [-0.3, -0.25) is 14.9 Å². The van der Waals surface area contributed by atoms with E-state index < -0.39 is 0 Å². The van der Waals surface area contributed by atoms with Gasteiger partial charge in [0.1, 0.15) is 18.0 Å². The van der Waals surface area contributed by atoms with Crippen molar-refractivity contribution in [2.75, 3.05) is 26.3 Å². The third kappa shape index (κ3) is 7.24. The summed E-state index contributed by atoms with van der Waals surface area (Å²) in [6.07, 6.45) is 12.7. The molecule has 4 rings (SSSR count). The van der Waals surface area contributed by atoms with Gasteiger partial charge >= 0.3 is 0 Å². The number of hydrogen-bond acceptors (Lipinski definition) is 6. The molecule has 1 unspecified atom stereocenters. The summed E-state index contributed by atoms with van der Waals surface area (Å²) < 4.78 is 6.06. The zero-order valence-corrected chi connectivity index (χ0v) is 22.4. The second-order valence-corrected chi connectivity index (χ2v) is 10.7. The number of fused-ring (bicyclic) bond motifs is 2. The molecule has 0 aromatic heterocycles. The molecule has 8 heteroatoms. The molecule has 2 aliphatic heterocycles. The van der Waals surface area contributed by atoms with E-state index in [0.29, 0.717) is 44.5 Å². The van der Waals surface area contributed by atoms with Crippen molar-refractivity contribution in [1.29, 1.82) is 0 Å². The number of aliphatic imine (C=N–C) groups is 1. The molecular formula is C29H44N4O4. The Morgan fingerprint density at radius 2 is 2.00 bits per heavy atom. The Morgan fingerprint density at radius 1 is 1.19 bits per heavy atom. The van der Waals surface area contributed by atoms with Crippen molar-refractivity contribution in [3.05, 3.63) is 23.8 Å². The predicted molar refractivity (Wildman–Crippen MR) is 145 cm³/mol. The zero-order valence-electron chi connectivity index (χ0n) is 22.4. The van der Waals surface area contributed by atoms with Gasteiger partial charge in [-0.2, -0.15) is 0 Å². The molecule has 37 heavy (non-hydrogen) atoms. The maximum atomic E-state index is 13.1. The number of rotatable bonds is 14. The van der Waals surface area contributed by atoms with Crippen LogP contribution in [0, 0.1) is 5.92 Å². The van der Waals surface area contributed by atoms with Crippen LogP contribution in [0.1, 0.15) is 89.5 Å². The van der Waals surface area contributed by atoms with E-state index in [2.05, 4.69) is 17.2 Å². The molecule has 2 N–H and O–H groups in total. The molecular weight excluding hydrogens is 468 g/mol. The van der Waals surface area contributed by atoms with E-state index in [1.54, 1.807) is 0 Å². The van der Waals surface area contributed by atoms with Crippen LogP contribution in [0.2, 0.25) is 0 Å². The standard InChI is InChI=1S/C29H44N4O4/c1-2-11-24(22-12-6-5-7-13-22)33(17-18-34)27(36)16-8-3-4-9-19-37-25-15-10-14-23-20-32-21-26(35)30-29(32)31-28(23)25/h10,14-15,22,24,34H,2-9,11-13,16-21H2,1H3,(H,30,31,35). The summed E-state index contributed by atoms with van der Waals surface area (Å²) >= 11 is 0. The minimum atomic E-state index is -0.0261. The van der Waals surface area contributed by atoms with Crippen LogP contribution in [0.15, 0.2) is 23.2 Å². The van der Waals surface area contributed by atoms with Crippen LogP contribution in [0.4, 0.5) is 5.69 Å². The number of para-hydroxylation sites is 1. The van der Waals surface area contributed by atoms with Crippen molar-refractivity contribution < 1.29 is 19.4 Å². The highest BCUT2D eigenvalue weighted by Crippen LogP contribution is 2.36. The molecule has 0 spiro atoms. The van der Waals surface area contributed by atoms with Crippen LogP contribution < -0.4 is 10.1 Å². The molecule has 1 saturated carbocycles. The second kappa shape index (κ2) is 13.8. The summed E-state index contributed by atoms with van der Waals surface area (Å²) in [6, 6.07) is 6.22. The van der Waals surface area contributed by atoms with Crippen molar-refractivity contribution >= 4 is 23.5 Å². The van der Waals surface area contributed by atoms with Crippen LogP contribution in [0.3, 0.4) is 0 Å². The van der Waals surface area contributed by atoms with E-state index in [9.17, 15) is 14.7 Å². The largest absolute Gasteiger partial charge is 0.491 e. The van der Waals surface area contributed by atoms with E-state index in [1.807, 2.05) is 28.0 Å². The van der Waals surface area contributed by atoms with Gasteiger partial charge in [-0.15, -0.1) is 0 Å². The maximum absolute atomic E-state index is 13.1. The molecule has 8 nitrogen and oxygen atoms in total. The van der Waals surface area contributed by atoms with Crippen LogP contribution in [0.25, 0.3) is 0 Å². The number of hydrogen-bond donors (Lipinski definition) is 2. The number of amides is 2. The summed E-state index contributed by atoms with van der Waals surface area (Å²) in [5.74, 6) is 2.13. The van der Waals surface area contributed by atoms with Crippen molar-refractivity contribution in [3.63, 3.8) is 0 Å². The smallest absolute Gasteiger partial charge is 0.246 e. The Labute approximate surface area is 221 Å². The van der Waals surface area contributed by atoms with Crippen molar-refractivity contribution in [3.8, 4) is 5.75 Å². The third-order valence-electron chi connectivity index (χ3n) is 7.93. The van der Waals surface area contributed by atoms with E-state index in [4.69, 9.17) is 4.74 Å². The minimum Gasteiger partial charge on any atom is -0.491 e. The maximum Gasteiger partial charge on any atom is 0.246 e. The van der Waals surface area contributed by atoms with Gasteiger partial charge in [0.15, 0.2) is 0 Å². The van der Waals surface area contributed by atoms with Gasteiger partial charge in [0.05, 0.1) is 13.2 Å². The topological polar surface area (TPSA) is 94.5 Å². The number of carbonyl (C=O) groups excluding carboxylic acids is 2. The highest BCUT2D eigenvalue weighted by molar-refractivity contribution is 6.06. The van der Waals surface area contributed by atoms with Crippen LogP contribution in [-0.2, 0) is 16.1 Å². The lowest BCUT2D eigenvalue weighted by Gasteiger charge is -2.39. The fourth-order valence-electron chi connectivity index (χ4n) is 6.07. The van der Waals surface area contributed by atoms with E-state index in [1.165, 1.54) is 32.1 Å². The number of guanidine groups is 1. The molecule has 1 aromatic carbocycles. The van der Waals surface area contributed by atoms with Gasteiger partial charge in [-0.05, 0) is 44.1 Å². The van der Waals surface area contributed by atoms with Crippen molar-refractivity contribution in [2.45, 2.75) is 96.6 Å². The summed E-state index contributed by atoms with van der Waals surface area (Å²) in [5, 5.41) is 12.5. The highest BCUT2D eigenvalue weighted by Gasteiger charge is 2.31. The average molecular weight is 513 g/mol. The van der Waals surface area contributed by atoms with Crippen LogP contribution in [-0.4, -0.2) is 65.0 Å². The third-order valence-corrected chi connectivity index (χ3v) is 7.93. The molecule has 1 saturated heterocycles. The fraction of sp³-hybridized carbons (Fsp3) is 0.690. The first-order valence-corrected chi connectivity index (χ1v) is 14.4. The van der Waals surface area contributed by atoms with Crippen molar-refractivity contribution in [1.82, 2.24) is 15.1 Å². The fourth-order valence-corrected chi connectivity index (χ4v) is 6.07. The molecule has 0 radical (unpaired) electrons. The van der Waals surface area contributed by atoms with E-state index in [0.717, 1.165) is 55.5 Å². The lowest BCUT2D eigenvalue weighted by Crippen LogP contribution is -2.46. The first-order chi connectivity index (χ1) is 18.1. The minimum absolute atomic E-state index is 0.0261. The van der Waals surface area contributed by atoms with Crippen molar-refractivity contribution in [2.24, 2.45) is 10.9 Å². The van der Waals surface area contributed by atoms with Gasteiger partial charge in [-0.25, -0.2) is 4.99 Å². The van der Waals surface area contributed by atoms with Gasteiger partial charge in [0.2, 0.25) is 17.8 Å². The van der Waals surface area contributed by atoms with E-state index >= 15 is 0 Å². The SMILES string of the molecule is CCCC(C1CCCCC1)N(CCO)C(=O)CCCCCCOc1cccc2c1N=C1NC(=O)CN1C2. The number of unbranched alkanes of at least 4 members (excludes halogenated alkanes) is 3. The Hall–Kier alpha value is -2.61. The van der Waals surface area contributed by atoms with Crippen LogP contribution in [0.5, 0.6) is 5.75 Å². The summed E-state index contributed by atoms with van der Waals surface area (Å²) in [5.41, 5.74) is 1.88. The summed E-state index contributed by atoms with van der Waals surface area (Å²) in [6.45, 7) is 4.30. The zero-order chi connectivity index (χ0) is 26.0. The molecule has 2 amide bonds. The van der Waals surface area contributed by atoms with E-state index in [-0.39, 0.29) is 24.5 Å². The Kier molecular flexibility index (Phi) is 10.2. The highest BCUT2D eigenvalue weighted by atomic mass is 16.5. The monoisotopic (exact) mass is 512 g/mol. The number of nitrogens with zero attached hydrogens (tertiary/aromatic N) is 3. The molecule has 204 valence electrons. The number of carbonyl (C=O) groups is 2. The van der Waals surface area contributed by atoms with Gasteiger partial charge in [-0.1, -0.05) is 57.6 Å². The van der Waals surface area contributed by atoms with Gasteiger partial charge in [0, 0.05) is 31.1 Å². The molecule has 2 heterocycles. The number of aliphatic hydroxyl groups excluding tert-OH is 1. The predicted octanol–water partition coefficient (Wildman–Crippen LogP) is 4.52. The van der Waals surface area contributed by atoms with Gasteiger partial charge < -0.3 is 19.6 Å². The Morgan fingerprint density at radius 3 is 2.78 bits per heavy atom. The summed E-state index contributed by atoms with van der Waals surface area (Å²) in [4.78, 5) is 33.4. The number of aliphatic hydroxyl groups is 1. The van der Waals surface area contributed by atoms with Gasteiger partial charge in [0.25, 0.3) is 0 Å². The molecule has 1 atom stereocenters. The molecule has 0 bridgehead atoms.